The van der Waals surface area contributed by atoms with Crippen molar-refractivity contribution < 1.29 is 9.47 Å². The van der Waals surface area contributed by atoms with Crippen LogP contribution in [0.1, 0.15) is 26.2 Å². The third kappa shape index (κ3) is 5.19. The normalized spacial score (nSPS) is 11.1. The van der Waals surface area contributed by atoms with Crippen LogP contribution in [0.5, 0.6) is 11.5 Å². The van der Waals surface area contributed by atoms with E-state index in [0.29, 0.717) is 18.1 Å². The van der Waals surface area contributed by atoms with E-state index in [-0.39, 0.29) is 0 Å². The molecule has 1 rings (SSSR count). The van der Waals surface area contributed by atoms with Crippen LogP contribution in [0.2, 0.25) is 0 Å². The molecule has 0 spiro atoms. The number of hydrogen-bond donors (Lipinski definition) is 0. The monoisotopic (exact) mass is 288 g/mol. The van der Waals surface area contributed by atoms with E-state index in [1.165, 1.54) is 6.08 Å². The Hall–Kier alpha value is -0.860. The second kappa shape index (κ2) is 7.55. The molecule has 0 aliphatic carbocycles. The number of para-hydroxylation sites is 2. The molecule has 0 fully saturated rings. The Morgan fingerprint density at radius 1 is 1.22 bits per heavy atom. The van der Waals surface area contributed by atoms with Gasteiger partial charge in [-0.05, 0) is 24.6 Å². The van der Waals surface area contributed by atoms with Gasteiger partial charge in [0.25, 0.3) is 4.52 Å². The summed E-state index contributed by atoms with van der Waals surface area (Å²) in [5.41, 5.74) is 0. The van der Waals surface area contributed by atoms with Gasteiger partial charge < -0.3 is 9.47 Å². The van der Waals surface area contributed by atoms with E-state index in [1.807, 2.05) is 18.2 Å². The highest BCUT2D eigenvalue weighted by molar-refractivity contribution is 6.48. The molecule has 100 valence electrons. The van der Waals surface area contributed by atoms with E-state index in [0.717, 1.165) is 19.3 Å². The summed E-state index contributed by atoms with van der Waals surface area (Å²) in [5.74, 6) is 1.15. The van der Waals surface area contributed by atoms with Crippen LogP contribution in [0.15, 0.2) is 36.9 Å². The summed E-state index contributed by atoms with van der Waals surface area (Å²) in [6.45, 7) is 6.32. The van der Waals surface area contributed by atoms with Gasteiger partial charge in [0.2, 0.25) is 0 Å². The van der Waals surface area contributed by atoms with Gasteiger partial charge in [-0.15, -0.1) is 0 Å². The molecule has 0 N–H and O–H groups in total. The van der Waals surface area contributed by atoms with Crippen LogP contribution in [0.25, 0.3) is 0 Å². The van der Waals surface area contributed by atoms with Crippen molar-refractivity contribution in [3.05, 3.63) is 36.9 Å². The molecule has 0 radical (unpaired) electrons. The van der Waals surface area contributed by atoms with Crippen LogP contribution in [0.4, 0.5) is 0 Å². The average Bonchev–Trinajstić information content (AvgIpc) is 2.36. The van der Waals surface area contributed by atoms with E-state index in [1.54, 1.807) is 6.07 Å². The Morgan fingerprint density at radius 3 is 2.50 bits per heavy atom. The van der Waals surface area contributed by atoms with E-state index < -0.39 is 4.52 Å². The Morgan fingerprint density at radius 2 is 1.89 bits per heavy atom. The van der Waals surface area contributed by atoms with Gasteiger partial charge in [-0.25, -0.2) is 0 Å². The first-order chi connectivity index (χ1) is 8.59. The minimum atomic E-state index is -1.44. The lowest BCUT2D eigenvalue weighted by atomic mass is 10.2. The van der Waals surface area contributed by atoms with Gasteiger partial charge in [0, 0.05) is 0 Å². The summed E-state index contributed by atoms with van der Waals surface area (Å²) in [7, 11) is 0. The second-order valence-electron chi connectivity index (χ2n) is 3.87. The fourth-order valence-electron chi connectivity index (χ4n) is 1.38. The van der Waals surface area contributed by atoms with Crippen molar-refractivity contribution in [1.82, 2.24) is 0 Å². The third-order valence-electron chi connectivity index (χ3n) is 2.34. The maximum Gasteiger partial charge on any atom is 0.277 e. The van der Waals surface area contributed by atoms with E-state index in [2.05, 4.69) is 13.5 Å². The summed E-state index contributed by atoms with van der Waals surface area (Å²) in [6, 6.07) is 7.30. The first kappa shape index (κ1) is 15.2. The zero-order valence-electron chi connectivity index (χ0n) is 10.5. The Bertz CT molecular complexity index is 378. The maximum atomic E-state index is 5.88. The third-order valence-corrected chi connectivity index (χ3v) is 2.80. The summed E-state index contributed by atoms with van der Waals surface area (Å²) < 4.78 is 9.64. The van der Waals surface area contributed by atoms with E-state index >= 15 is 0 Å². The highest BCUT2D eigenvalue weighted by Gasteiger charge is 2.22. The van der Waals surface area contributed by atoms with Gasteiger partial charge in [-0.1, -0.05) is 61.7 Å². The second-order valence-corrected chi connectivity index (χ2v) is 5.19. The number of benzene rings is 1. The van der Waals surface area contributed by atoms with Gasteiger partial charge in [0.05, 0.1) is 6.61 Å². The largest absolute Gasteiger partial charge is 0.490 e. The van der Waals surface area contributed by atoms with Gasteiger partial charge in [0.15, 0.2) is 11.5 Å². The molecule has 0 amide bonds. The molecule has 0 unspecified atom stereocenters. The van der Waals surface area contributed by atoms with E-state index in [9.17, 15) is 0 Å². The van der Waals surface area contributed by atoms with Gasteiger partial charge in [-0.2, -0.15) is 0 Å². The number of halogens is 2. The molecule has 2 nitrogen and oxygen atoms in total. The molecule has 4 heteroatoms. The fraction of sp³-hybridized carbons (Fsp3) is 0.429. The zero-order chi connectivity index (χ0) is 13.4. The van der Waals surface area contributed by atoms with Crippen molar-refractivity contribution in [3.8, 4) is 11.5 Å². The Balaban J connectivity index is 2.64. The molecular formula is C14H18Cl2O2. The molecule has 0 heterocycles. The topological polar surface area (TPSA) is 18.5 Å². The molecular weight excluding hydrogens is 271 g/mol. The first-order valence-corrected chi connectivity index (χ1v) is 6.77. The van der Waals surface area contributed by atoms with Crippen molar-refractivity contribution in [2.24, 2.45) is 0 Å². The van der Waals surface area contributed by atoms with Crippen molar-refractivity contribution in [1.29, 1.82) is 0 Å². The number of ether oxygens (including phenoxy) is 2. The maximum absolute atomic E-state index is 5.88. The lowest BCUT2D eigenvalue weighted by molar-refractivity contribution is 0.249. The van der Waals surface area contributed by atoms with Crippen LogP contribution < -0.4 is 9.47 Å². The van der Waals surface area contributed by atoms with Crippen molar-refractivity contribution in [2.75, 3.05) is 6.61 Å². The quantitative estimate of drug-likeness (QED) is 0.383. The van der Waals surface area contributed by atoms with Crippen LogP contribution in [0, 0.1) is 0 Å². The van der Waals surface area contributed by atoms with Crippen molar-refractivity contribution in [2.45, 2.75) is 30.7 Å². The molecule has 0 saturated carbocycles. The van der Waals surface area contributed by atoms with E-state index in [4.69, 9.17) is 32.7 Å². The highest BCUT2D eigenvalue weighted by atomic mass is 35.5. The smallest absolute Gasteiger partial charge is 0.277 e. The van der Waals surface area contributed by atoms with Crippen LogP contribution in [-0.4, -0.2) is 11.1 Å². The zero-order valence-corrected chi connectivity index (χ0v) is 12.0. The number of hydrogen-bond acceptors (Lipinski definition) is 2. The average molecular weight is 289 g/mol. The van der Waals surface area contributed by atoms with Crippen LogP contribution in [0.3, 0.4) is 0 Å². The Kier molecular flexibility index (Phi) is 6.37. The number of alkyl halides is 2. The lowest BCUT2D eigenvalue weighted by Crippen LogP contribution is -2.18. The molecule has 0 saturated heterocycles. The SMILES string of the molecule is C=CC(Cl)(Cl)Oc1ccccc1OCCCCC. The van der Waals surface area contributed by atoms with Crippen LogP contribution >= 0.6 is 23.2 Å². The standard InChI is InChI=1S/C14H18Cl2O2/c1-3-5-8-11-17-12-9-6-7-10-13(12)18-14(15,16)4-2/h4,6-7,9-10H,2-3,5,8,11H2,1H3. The molecule has 18 heavy (non-hydrogen) atoms. The summed E-state index contributed by atoms with van der Waals surface area (Å²) in [5, 5.41) is 0. The van der Waals surface area contributed by atoms with Gasteiger partial charge >= 0.3 is 0 Å². The number of unbranched alkanes of at least 4 members (excludes halogenated alkanes) is 2. The van der Waals surface area contributed by atoms with Crippen LogP contribution in [-0.2, 0) is 0 Å². The number of rotatable bonds is 8. The van der Waals surface area contributed by atoms with Crippen molar-refractivity contribution >= 4 is 23.2 Å². The summed E-state index contributed by atoms with van der Waals surface area (Å²) in [6.07, 6.45) is 4.64. The first-order valence-electron chi connectivity index (χ1n) is 6.01. The minimum absolute atomic E-state index is 0.513. The molecule has 0 bridgehead atoms. The molecule has 0 aromatic heterocycles. The summed E-state index contributed by atoms with van der Waals surface area (Å²) >= 11 is 11.8. The van der Waals surface area contributed by atoms with Gasteiger partial charge in [0.1, 0.15) is 0 Å². The minimum Gasteiger partial charge on any atom is -0.490 e. The summed E-state index contributed by atoms with van der Waals surface area (Å²) in [4.78, 5) is 0. The molecule has 0 aliphatic heterocycles. The lowest BCUT2D eigenvalue weighted by Gasteiger charge is -2.19. The molecule has 1 aromatic rings. The predicted molar refractivity (Wildman–Crippen MR) is 76.7 cm³/mol. The Labute approximate surface area is 118 Å². The van der Waals surface area contributed by atoms with Gasteiger partial charge in [-0.3, -0.25) is 0 Å². The fourth-order valence-corrected chi connectivity index (χ4v) is 1.54. The predicted octanol–water partition coefficient (Wildman–Crippen LogP) is 4.95. The molecule has 1 aromatic carbocycles. The molecule has 0 atom stereocenters. The molecule has 0 aliphatic rings. The highest BCUT2D eigenvalue weighted by Crippen LogP contribution is 2.34. The van der Waals surface area contributed by atoms with Crippen molar-refractivity contribution in [3.63, 3.8) is 0 Å².